The molecule has 0 bridgehead atoms. The average molecular weight is 313 g/mol. The summed E-state index contributed by atoms with van der Waals surface area (Å²) in [5.74, 6) is 0.714. The summed E-state index contributed by atoms with van der Waals surface area (Å²) in [7, 11) is 0. The molecule has 122 valence electrons. The predicted molar refractivity (Wildman–Crippen MR) is 87.9 cm³/mol. The standard InChI is InChI=1S/C17H23N5O/c23-17(18-8-12-22-13-9-19-20-22)14-21-10-6-16(7-11-21)15-4-2-1-3-5-15/h1-5,9,13,16H,6-8,10-12,14H2,(H,18,23). The number of nitrogens with one attached hydrogen (secondary N) is 1. The molecule has 0 aliphatic carbocycles. The predicted octanol–water partition coefficient (Wildman–Crippen LogP) is 1.27. The third kappa shape index (κ3) is 4.63. The molecule has 0 unspecified atom stereocenters. The van der Waals surface area contributed by atoms with Crippen LogP contribution in [0.4, 0.5) is 0 Å². The van der Waals surface area contributed by atoms with Gasteiger partial charge in [-0.25, -0.2) is 0 Å². The minimum atomic E-state index is 0.0864. The van der Waals surface area contributed by atoms with Crippen LogP contribution in [-0.4, -0.2) is 52.0 Å². The summed E-state index contributed by atoms with van der Waals surface area (Å²) in [4.78, 5) is 14.2. The number of benzene rings is 1. The van der Waals surface area contributed by atoms with Crippen molar-refractivity contribution >= 4 is 5.91 Å². The van der Waals surface area contributed by atoms with E-state index in [9.17, 15) is 4.79 Å². The van der Waals surface area contributed by atoms with Crippen LogP contribution in [0.15, 0.2) is 42.7 Å². The van der Waals surface area contributed by atoms with Crippen molar-refractivity contribution < 1.29 is 4.79 Å². The van der Waals surface area contributed by atoms with E-state index in [1.54, 1.807) is 17.1 Å². The van der Waals surface area contributed by atoms with Crippen molar-refractivity contribution in [3.8, 4) is 0 Å². The van der Waals surface area contributed by atoms with Gasteiger partial charge in [-0.2, -0.15) is 0 Å². The molecule has 1 aromatic heterocycles. The van der Waals surface area contributed by atoms with E-state index < -0.39 is 0 Å². The highest BCUT2D eigenvalue weighted by Gasteiger charge is 2.21. The second-order valence-corrected chi connectivity index (χ2v) is 5.98. The molecule has 2 aromatic rings. The lowest BCUT2D eigenvalue weighted by atomic mass is 9.89. The van der Waals surface area contributed by atoms with E-state index in [1.807, 2.05) is 0 Å². The molecule has 0 spiro atoms. The van der Waals surface area contributed by atoms with Gasteiger partial charge in [-0.1, -0.05) is 35.5 Å². The number of rotatable bonds is 6. The number of likely N-dealkylation sites (tertiary alicyclic amines) is 1. The van der Waals surface area contributed by atoms with Crippen LogP contribution < -0.4 is 5.32 Å². The smallest absolute Gasteiger partial charge is 0.234 e. The Morgan fingerprint density at radius 1 is 1.22 bits per heavy atom. The van der Waals surface area contributed by atoms with Crippen LogP contribution in [0.1, 0.15) is 24.3 Å². The van der Waals surface area contributed by atoms with Crippen LogP contribution in [0, 0.1) is 0 Å². The molecule has 6 nitrogen and oxygen atoms in total. The van der Waals surface area contributed by atoms with Gasteiger partial charge in [0.05, 0.1) is 19.3 Å². The summed E-state index contributed by atoms with van der Waals surface area (Å²) in [6, 6.07) is 10.7. The van der Waals surface area contributed by atoms with E-state index in [0.717, 1.165) is 25.9 Å². The Hall–Kier alpha value is -2.21. The lowest BCUT2D eigenvalue weighted by Gasteiger charge is -2.31. The Labute approximate surface area is 136 Å². The summed E-state index contributed by atoms with van der Waals surface area (Å²) in [6.45, 7) is 3.69. The van der Waals surface area contributed by atoms with Gasteiger partial charge in [0.1, 0.15) is 0 Å². The van der Waals surface area contributed by atoms with Gasteiger partial charge in [-0.05, 0) is 37.4 Å². The zero-order chi connectivity index (χ0) is 15.9. The van der Waals surface area contributed by atoms with Crippen LogP contribution in [-0.2, 0) is 11.3 Å². The summed E-state index contributed by atoms with van der Waals surface area (Å²) < 4.78 is 1.71. The lowest BCUT2D eigenvalue weighted by Crippen LogP contribution is -2.41. The maximum atomic E-state index is 12.0. The first-order valence-corrected chi connectivity index (χ1v) is 8.19. The fraction of sp³-hybridized carbons (Fsp3) is 0.471. The molecule has 1 amide bonds. The van der Waals surface area contributed by atoms with Crippen molar-refractivity contribution in [1.82, 2.24) is 25.2 Å². The quantitative estimate of drug-likeness (QED) is 0.872. The summed E-state index contributed by atoms with van der Waals surface area (Å²) in [5.41, 5.74) is 1.42. The molecular formula is C17H23N5O. The summed E-state index contributed by atoms with van der Waals surface area (Å²) in [5, 5.41) is 10.6. The van der Waals surface area contributed by atoms with Crippen molar-refractivity contribution in [1.29, 1.82) is 0 Å². The Bertz CT molecular complexity index is 591. The fourth-order valence-corrected chi connectivity index (χ4v) is 3.07. The second-order valence-electron chi connectivity index (χ2n) is 5.98. The minimum Gasteiger partial charge on any atom is -0.353 e. The number of hydrogen-bond donors (Lipinski definition) is 1. The first-order valence-electron chi connectivity index (χ1n) is 8.19. The van der Waals surface area contributed by atoms with Gasteiger partial charge in [0, 0.05) is 12.7 Å². The number of carbonyl (C=O) groups is 1. The highest BCUT2D eigenvalue weighted by atomic mass is 16.2. The van der Waals surface area contributed by atoms with Gasteiger partial charge in [-0.3, -0.25) is 14.4 Å². The summed E-state index contributed by atoms with van der Waals surface area (Å²) in [6.07, 6.45) is 5.67. The van der Waals surface area contributed by atoms with E-state index >= 15 is 0 Å². The maximum Gasteiger partial charge on any atom is 0.234 e. The van der Waals surface area contributed by atoms with E-state index in [1.165, 1.54) is 5.56 Å². The summed E-state index contributed by atoms with van der Waals surface area (Å²) >= 11 is 0. The normalized spacial score (nSPS) is 16.3. The zero-order valence-electron chi connectivity index (χ0n) is 13.3. The van der Waals surface area contributed by atoms with Crippen LogP contribution in [0.25, 0.3) is 0 Å². The highest BCUT2D eigenvalue weighted by Crippen LogP contribution is 2.27. The zero-order valence-corrected chi connectivity index (χ0v) is 13.3. The number of aromatic nitrogens is 3. The van der Waals surface area contributed by atoms with Crippen molar-refractivity contribution in [2.24, 2.45) is 0 Å². The average Bonchev–Trinajstić information content (AvgIpc) is 3.10. The van der Waals surface area contributed by atoms with E-state index in [2.05, 4.69) is 50.9 Å². The molecule has 3 rings (SSSR count). The Morgan fingerprint density at radius 3 is 2.70 bits per heavy atom. The molecule has 1 aromatic carbocycles. The van der Waals surface area contributed by atoms with Gasteiger partial charge in [0.2, 0.25) is 5.91 Å². The third-order valence-corrected chi connectivity index (χ3v) is 4.36. The molecule has 1 aliphatic rings. The van der Waals surface area contributed by atoms with Gasteiger partial charge in [-0.15, -0.1) is 5.10 Å². The SMILES string of the molecule is O=C(CN1CCC(c2ccccc2)CC1)NCCn1ccnn1. The van der Waals surface area contributed by atoms with Crippen molar-refractivity contribution in [3.63, 3.8) is 0 Å². The molecule has 0 atom stereocenters. The molecule has 0 radical (unpaired) electrons. The molecule has 1 aliphatic heterocycles. The maximum absolute atomic E-state index is 12.0. The van der Waals surface area contributed by atoms with Gasteiger partial charge in [0.15, 0.2) is 0 Å². The highest BCUT2D eigenvalue weighted by molar-refractivity contribution is 5.77. The molecule has 0 saturated carbocycles. The number of carbonyl (C=O) groups excluding carboxylic acids is 1. The molecule has 2 heterocycles. The largest absolute Gasteiger partial charge is 0.353 e. The van der Waals surface area contributed by atoms with E-state index in [4.69, 9.17) is 0 Å². The van der Waals surface area contributed by atoms with Crippen LogP contribution >= 0.6 is 0 Å². The Kier molecular flexibility index (Phi) is 5.37. The van der Waals surface area contributed by atoms with Crippen LogP contribution in [0.3, 0.4) is 0 Å². The molecule has 1 saturated heterocycles. The van der Waals surface area contributed by atoms with Crippen molar-refractivity contribution in [2.75, 3.05) is 26.2 Å². The van der Waals surface area contributed by atoms with Gasteiger partial charge in [0.25, 0.3) is 0 Å². The van der Waals surface area contributed by atoms with Gasteiger partial charge < -0.3 is 5.32 Å². The second kappa shape index (κ2) is 7.87. The first kappa shape index (κ1) is 15.7. The molecular weight excluding hydrogens is 290 g/mol. The Morgan fingerprint density at radius 2 is 2.00 bits per heavy atom. The lowest BCUT2D eigenvalue weighted by molar-refractivity contribution is -0.122. The molecule has 23 heavy (non-hydrogen) atoms. The Balaban J connectivity index is 1.36. The van der Waals surface area contributed by atoms with Crippen LogP contribution in [0.2, 0.25) is 0 Å². The van der Waals surface area contributed by atoms with Crippen molar-refractivity contribution in [3.05, 3.63) is 48.3 Å². The van der Waals surface area contributed by atoms with Crippen molar-refractivity contribution in [2.45, 2.75) is 25.3 Å². The number of nitrogens with zero attached hydrogens (tertiary/aromatic N) is 4. The first-order chi connectivity index (χ1) is 11.3. The van der Waals surface area contributed by atoms with E-state index in [0.29, 0.717) is 25.6 Å². The number of piperidine rings is 1. The minimum absolute atomic E-state index is 0.0864. The number of hydrogen-bond acceptors (Lipinski definition) is 4. The van der Waals surface area contributed by atoms with Crippen LogP contribution in [0.5, 0.6) is 0 Å². The monoisotopic (exact) mass is 313 g/mol. The molecule has 1 N–H and O–H groups in total. The molecule has 1 fully saturated rings. The number of amides is 1. The van der Waals surface area contributed by atoms with Gasteiger partial charge >= 0.3 is 0 Å². The fourth-order valence-electron chi connectivity index (χ4n) is 3.07. The topological polar surface area (TPSA) is 63.1 Å². The third-order valence-electron chi connectivity index (χ3n) is 4.36. The van der Waals surface area contributed by atoms with E-state index in [-0.39, 0.29) is 5.91 Å². The molecule has 6 heteroatoms.